The first-order valence-corrected chi connectivity index (χ1v) is 7.19. The van der Waals surface area contributed by atoms with Gasteiger partial charge in [0.05, 0.1) is 13.2 Å². The summed E-state index contributed by atoms with van der Waals surface area (Å²) in [6.45, 7) is 2.06. The van der Waals surface area contributed by atoms with Gasteiger partial charge in [0, 0.05) is 11.2 Å². The summed E-state index contributed by atoms with van der Waals surface area (Å²) in [5.74, 6) is 0.961. The molecule has 1 heterocycles. The lowest BCUT2D eigenvalue weighted by molar-refractivity contribution is 0.132. The van der Waals surface area contributed by atoms with Gasteiger partial charge in [0.2, 0.25) is 0 Å². The predicted molar refractivity (Wildman–Crippen MR) is 72.8 cm³/mol. The highest BCUT2D eigenvalue weighted by molar-refractivity contribution is 8.00. The van der Waals surface area contributed by atoms with E-state index in [0.717, 1.165) is 18.6 Å². The van der Waals surface area contributed by atoms with E-state index in [1.165, 1.54) is 7.11 Å². The number of ether oxygens (including phenoxy) is 1. The summed E-state index contributed by atoms with van der Waals surface area (Å²) in [5.41, 5.74) is 0.524. The summed E-state index contributed by atoms with van der Waals surface area (Å²) >= 11 is 1.78. The van der Waals surface area contributed by atoms with Crippen LogP contribution >= 0.6 is 11.8 Å². The van der Waals surface area contributed by atoms with Crippen LogP contribution in [-0.4, -0.2) is 28.8 Å². The number of rotatable bonds is 4. The van der Waals surface area contributed by atoms with Crippen LogP contribution in [0.5, 0.6) is 5.75 Å². The van der Waals surface area contributed by atoms with Gasteiger partial charge in [-0.15, -0.1) is 0 Å². The molecule has 0 bridgehead atoms. The number of hydrogen-bond donors (Lipinski definition) is 1. The third-order valence-electron chi connectivity index (χ3n) is 3.63. The highest BCUT2D eigenvalue weighted by Gasteiger charge is 2.37. The Hall–Kier alpha value is -0.740. The topological polar surface area (TPSA) is 29.5 Å². The number of aliphatic hydroxyl groups excluding tert-OH is 1. The zero-order valence-corrected chi connectivity index (χ0v) is 11.6. The van der Waals surface area contributed by atoms with Gasteiger partial charge in [0.1, 0.15) is 0 Å². The SMILES string of the molecule is COc1cccc(CC(O)C2(C)CCCS2)c1F. The highest BCUT2D eigenvalue weighted by Crippen LogP contribution is 2.41. The molecule has 100 valence electrons. The van der Waals surface area contributed by atoms with Gasteiger partial charge in [-0.1, -0.05) is 12.1 Å². The molecule has 2 nitrogen and oxygen atoms in total. The lowest BCUT2D eigenvalue weighted by Gasteiger charge is -2.29. The number of halogens is 1. The predicted octanol–water partition coefficient (Wildman–Crippen LogP) is 3.02. The fraction of sp³-hybridized carbons (Fsp3) is 0.571. The van der Waals surface area contributed by atoms with Gasteiger partial charge in [-0.05, 0) is 37.1 Å². The molecule has 0 saturated carbocycles. The van der Waals surface area contributed by atoms with Crippen molar-refractivity contribution in [1.29, 1.82) is 0 Å². The molecule has 2 rings (SSSR count). The summed E-state index contributed by atoms with van der Waals surface area (Å²) in [6, 6.07) is 5.06. The maximum Gasteiger partial charge on any atom is 0.168 e. The van der Waals surface area contributed by atoms with Crippen molar-refractivity contribution in [2.24, 2.45) is 0 Å². The molecule has 0 aliphatic carbocycles. The molecule has 0 spiro atoms. The maximum atomic E-state index is 14.0. The van der Waals surface area contributed by atoms with E-state index in [9.17, 15) is 9.50 Å². The van der Waals surface area contributed by atoms with Crippen LogP contribution < -0.4 is 4.74 Å². The van der Waals surface area contributed by atoms with Gasteiger partial charge in [-0.25, -0.2) is 4.39 Å². The third kappa shape index (κ3) is 2.64. The molecule has 2 atom stereocenters. The number of methoxy groups -OCH3 is 1. The second kappa shape index (κ2) is 5.49. The van der Waals surface area contributed by atoms with Gasteiger partial charge in [0.25, 0.3) is 0 Å². The largest absolute Gasteiger partial charge is 0.494 e. The van der Waals surface area contributed by atoms with E-state index >= 15 is 0 Å². The quantitative estimate of drug-likeness (QED) is 0.912. The van der Waals surface area contributed by atoms with Crippen LogP contribution in [0.1, 0.15) is 25.3 Å². The minimum atomic E-state index is -0.522. The van der Waals surface area contributed by atoms with Gasteiger partial charge in [-0.3, -0.25) is 0 Å². The average Bonchev–Trinajstić information content (AvgIpc) is 2.80. The molecule has 1 fully saturated rings. The van der Waals surface area contributed by atoms with E-state index in [1.807, 2.05) is 0 Å². The van der Waals surface area contributed by atoms with Crippen molar-refractivity contribution in [1.82, 2.24) is 0 Å². The second-order valence-corrected chi connectivity index (χ2v) is 6.55. The molecule has 1 aliphatic heterocycles. The van der Waals surface area contributed by atoms with Crippen LogP contribution in [0.3, 0.4) is 0 Å². The summed E-state index contributed by atoms with van der Waals surface area (Å²) < 4.78 is 18.8. The molecule has 1 aromatic rings. The standard InChI is InChI=1S/C14H19FO2S/c1-14(7-4-8-18-14)12(16)9-10-5-3-6-11(17-2)13(10)15/h3,5-6,12,16H,4,7-9H2,1-2H3. The Bertz CT molecular complexity index is 416. The summed E-state index contributed by atoms with van der Waals surface area (Å²) in [5, 5.41) is 10.3. The van der Waals surface area contributed by atoms with E-state index in [0.29, 0.717) is 12.0 Å². The molecule has 1 saturated heterocycles. The summed E-state index contributed by atoms with van der Waals surface area (Å²) in [4.78, 5) is 0. The van der Waals surface area contributed by atoms with Crippen molar-refractivity contribution in [2.75, 3.05) is 12.9 Å². The van der Waals surface area contributed by atoms with Gasteiger partial charge in [0.15, 0.2) is 11.6 Å². The fourth-order valence-corrected chi connectivity index (χ4v) is 3.68. The lowest BCUT2D eigenvalue weighted by atomic mass is 9.93. The minimum Gasteiger partial charge on any atom is -0.494 e. The zero-order valence-electron chi connectivity index (χ0n) is 10.8. The zero-order chi connectivity index (χ0) is 13.2. The highest BCUT2D eigenvalue weighted by atomic mass is 32.2. The van der Waals surface area contributed by atoms with Crippen molar-refractivity contribution in [2.45, 2.75) is 37.0 Å². The van der Waals surface area contributed by atoms with Crippen molar-refractivity contribution in [3.63, 3.8) is 0 Å². The van der Waals surface area contributed by atoms with Gasteiger partial charge in [-0.2, -0.15) is 11.8 Å². The van der Waals surface area contributed by atoms with E-state index in [1.54, 1.807) is 30.0 Å². The number of hydrogen-bond acceptors (Lipinski definition) is 3. The molecule has 1 N–H and O–H groups in total. The Labute approximate surface area is 112 Å². The normalized spacial score (nSPS) is 25.1. The minimum absolute atomic E-state index is 0.143. The maximum absolute atomic E-state index is 14.0. The second-order valence-electron chi connectivity index (χ2n) is 4.92. The molecular weight excluding hydrogens is 251 g/mol. The molecule has 2 unspecified atom stereocenters. The molecule has 4 heteroatoms. The van der Waals surface area contributed by atoms with E-state index in [4.69, 9.17) is 4.74 Å². The van der Waals surface area contributed by atoms with E-state index in [2.05, 4.69) is 6.92 Å². The summed E-state index contributed by atoms with van der Waals surface area (Å²) in [6.07, 6.45) is 1.93. The van der Waals surface area contributed by atoms with Crippen LogP contribution in [0.4, 0.5) is 4.39 Å². The van der Waals surface area contributed by atoms with Crippen LogP contribution in [-0.2, 0) is 6.42 Å². The lowest BCUT2D eigenvalue weighted by Crippen LogP contribution is -2.35. The smallest absolute Gasteiger partial charge is 0.168 e. The molecule has 18 heavy (non-hydrogen) atoms. The van der Waals surface area contributed by atoms with E-state index in [-0.39, 0.29) is 16.3 Å². The Balaban J connectivity index is 2.14. The van der Waals surface area contributed by atoms with Crippen molar-refractivity contribution in [3.05, 3.63) is 29.6 Å². The van der Waals surface area contributed by atoms with Gasteiger partial charge >= 0.3 is 0 Å². The Morgan fingerprint density at radius 3 is 2.94 bits per heavy atom. The Kier molecular flexibility index (Phi) is 4.17. The number of thioether (sulfide) groups is 1. The van der Waals surface area contributed by atoms with E-state index < -0.39 is 6.10 Å². The van der Waals surface area contributed by atoms with Crippen molar-refractivity contribution < 1.29 is 14.2 Å². The first kappa shape index (κ1) is 13.7. The molecular formula is C14H19FO2S. The number of benzene rings is 1. The van der Waals surface area contributed by atoms with Crippen LogP contribution in [0.15, 0.2) is 18.2 Å². The van der Waals surface area contributed by atoms with Crippen LogP contribution in [0.25, 0.3) is 0 Å². The molecule has 1 aromatic carbocycles. The molecule has 1 aliphatic rings. The van der Waals surface area contributed by atoms with Gasteiger partial charge < -0.3 is 9.84 Å². The number of aliphatic hydroxyl groups is 1. The average molecular weight is 270 g/mol. The van der Waals surface area contributed by atoms with Crippen molar-refractivity contribution in [3.8, 4) is 5.75 Å². The molecule has 0 amide bonds. The third-order valence-corrected chi connectivity index (χ3v) is 5.26. The monoisotopic (exact) mass is 270 g/mol. The Morgan fingerprint density at radius 2 is 2.33 bits per heavy atom. The summed E-state index contributed by atoms with van der Waals surface area (Å²) in [7, 11) is 1.45. The first-order chi connectivity index (χ1) is 8.57. The van der Waals surface area contributed by atoms with Crippen LogP contribution in [0, 0.1) is 5.82 Å². The molecule has 0 aromatic heterocycles. The Morgan fingerprint density at radius 1 is 1.56 bits per heavy atom. The first-order valence-electron chi connectivity index (χ1n) is 6.20. The molecule has 0 radical (unpaired) electrons. The van der Waals surface area contributed by atoms with Crippen LogP contribution in [0.2, 0.25) is 0 Å². The fourth-order valence-electron chi connectivity index (χ4n) is 2.36. The van der Waals surface area contributed by atoms with Crippen molar-refractivity contribution >= 4 is 11.8 Å².